The van der Waals surface area contributed by atoms with Crippen molar-refractivity contribution >= 4 is 12.2 Å². The normalized spacial score (nSPS) is 19.1. The van der Waals surface area contributed by atoms with E-state index in [1.165, 1.54) is 5.56 Å². The summed E-state index contributed by atoms with van der Waals surface area (Å²) in [6.07, 6.45) is 2.32. The quantitative estimate of drug-likeness (QED) is 0.289. The van der Waals surface area contributed by atoms with Crippen molar-refractivity contribution in [3.8, 4) is 23.0 Å². The predicted octanol–water partition coefficient (Wildman–Crippen LogP) is 5.07. The van der Waals surface area contributed by atoms with E-state index < -0.39 is 11.2 Å². The van der Waals surface area contributed by atoms with E-state index in [0.717, 1.165) is 26.2 Å². The zero-order valence-electron chi connectivity index (χ0n) is 35.3. The second-order valence-corrected chi connectivity index (χ2v) is 16.8. The predicted molar refractivity (Wildman–Crippen MR) is 218 cm³/mol. The molecule has 2 saturated heterocycles. The Bertz CT molecular complexity index is 1810. The summed E-state index contributed by atoms with van der Waals surface area (Å²) in [5.74, 6) is 2.56. The second-order valence-electron chi connectivity index (χ2n) is 16.8. The molecule has 0 saturated carbocycles. The fraction of sp³-hybridized carbons (Fsp3) is 0.581. The summed E-state index contributed by atoms with van der Waals surface area (Å²) >= 11 is 0. The van der Waals surface area contributed by atoms with E-state index in [0.29, 0.717) is 107 Å². The molecule has 0 aliphatic carbocycles. The van der Waals surface area contributed by atoms with E-state index in [-0.39, 0.29) is 24.4 Å². The van der Waals surface area contributed by atoms with Crippen LogP contribution in [0.1, 0.15) is 58.5 Å². The first-order valence-corrected chi connectivity index (χ1v) is 20.4. The average Bonchev–Trinajstić information content (AvgIpc) is 3.20. The van der Waals surface area contributed by atoms with Gasteiger partial charge in [-0.15, -0.1) is 0 Å². The Balaban J connectivity index is 0.000000204. The van der Waals surface area contributed by atoms with Gasteiger partial charge in [0.25, 0.3) is 0 Å². The van der Waals surface area contributed by atoms with Crippen LogP contribution in [0.5, 0.6) is 23.0 Å². The van der Waals surface area contributed by atoms with Crippen molar-refractivity contribution in [2.24, 2.45) is 0 Å². The Morgan fingerprint density at radius 1 is 0.712 bits per heavy atom. The minimum absolute atomic E-state index is 0.0755. The van der Waals surface area contributed by atoms with Crippen LogP contribution in [0.4, 0.5) is 9.59 Å². The van der Waals surface area contributed by atoms with Crippen LogP contribution in [-0.4, -0.2) is 139 Å². The number of ether oxygens (including phenoxy) is 8. The number of amides is 2. The van der Waals surface area contributed by atoms with Crippen LogP contribution in [0.2, 0.25) is 0 Å². The van der Waals surface area contributed by atoms with E-state index in [2.05, 4.69) is 44.5 Å². The summed E-state index contributed by atoms with van der Waals surface area (Å²) in [6, 6.07) is 14.0. The number of pyridine rings is 2. The number of carbonyl (C=O) groups is 2. The molecule has 16 nitrogen and oxygen atoms in total. The third-order valence-corrected chi connectivity index (χ3v) is 9.31. The van der Waals surface area contributed by atoms with Gasteiger partial charge in [0.05, 0.1) is 75.4 Å². The minimum Gasteiger partial charge on any atom is -0.486 e. The van der Waals surface area contributed by atoms with Crippen molar-refractivity contribution < 1.29 is 47.5 Å². The Morgan fingerprint density at radius 2 is 1.22 bits per heavy atom. The van der Waals surface area contributed by atoms with E-state index in [1.54, 1.807) is 22.2 Å². The highest BCUT2D eigenvalue weighted by Gasteiger charge is 2.30. The number of hydrogen-bond acceptors (Lipinski definition) is 14. The molecule has 7 rings (SSSR count). The summed E-state index contributed by atoms with van der Waals surface area (Å²) < 4.78 is 45.3. The van der Waals surface area contributed by atoms with Crippen molar-refractivity contribution in [1.29, 1.82) is 0 Å². The van der Waals surface area contributed by atoms with E-state index in [1.807, 2.05) is 59.7 Å². The van der Waals surface area contributed by atoms with Gasteiger partial charge in [-0.2, -0.15) is 0 Å². The monoisotopic (exact) mass is 820 g/mol. The molecule has 1 aromatic carbocycles. The molecular formula is C43H60N6O10. The van der Waals surface area contributed by atoms with E-state index in [9.17, 15) is 9.59 Å². The molecule has 0 bridgehead atoms. The van der Waals surface area contributed by atoms with Crippen LogP contribution >= 0.6 is 0 Å². The molecule has 4 aliphatic heterocycles. The van der Waals surface area contributed by atoms with Crippen molar-refractivity contribution in [3.05, 3.63) is 71.8 Å². The number of fused-ring (bicyclic) bond motifs is 2. The van der Waals surface area contributed by atoms with Crippen LogP contribution in [0, 0.1) is 0 Å². The summed E-state index contributed by atoms with van der Waals surface area (Å²) in [6.45, 7) is 19.9. The smallest absolute Gasteiger partial charge is 0.410 e. The lowest BCUT2D eigenvalue weighted by atomic mass is 10.2. The van der Waals surface area contributed by atoms with Crippen molar-refractivity contribution in [1.82, 2.24) is 30.0 Å². The molecule has 0 spiro atoms. The van der Waals surface area contributed by atoms with E-state index in [4.69, 9.17) is 37.9 Å². The highest BCUT2D eigenvalue weighted by Crippen LogP contribution is 2.31. The number of carbonyl (C=O) groups excluding carboxylic acids is 2. The first-order chi connectivity index (χ1) is 28.3. The van der Waals surface area contributed by atoms with Crippen LogP contribution in [-0.2, 0) is 38.6 Å². The van der Waals surface area contributed by atoms with Crippen molar-refractivity contribution in [2.75, 3.05) is 78.9 Å². The number of morpholine rings is 2. The summed E-state index contributed by atoms with van der Waals surface area (Å²) in [5, 5.41) is 3.28. The van der Waals surface area contributed by atoms with Crippen LogP contribution in [0.25, 0.3) is 0 Å². The maximum absolute atomic E-state index is 13.0. The SMILES string of the molecule is CC(C)(C)OC(=O)N(Cc1cc2c(cn1)OCCO2)CC1CN(Cc2ccccc2)CCO1.CC(C)(C)OC(=O)N(Cc1cc2c(cn1)OCCO2)CC1CNCCO1. The fourth-order valence-corrected chi connectivity index (χ4v) is 6.71. The van der Waals surface area contributed by atoms with Crippen molar-refractivity contribution in [2.45, 2.75) is 84.6 Å². The molecule has 4 aliphatic rings. The number of rotatable bonds is 10. The Labute approximate surface area is 347 Å². The van der Waals surface area contributed by atoms with Gasteiger partial charge >= 0.3 is 12.2 Å². The topological polar surface area (TPSA) is 156 Å². The molecule has 2 unspecified atom stereocenters. The molecule has 322 valence electrons. The summed E-state index contributed by atoms with van der Waals surface area (Å²) in [5.41, 5.74) is 1.53. The molecule has 2 aromatic heterocycles. The highest BCUT2D eigenvalue weighted by molar-refractivity contribution is 5.68. The van der Waals surface area contributed by atoms with Gasteiger partial charge in [-0.05, 0) is 47.1 Å². The molecule has 2 fully saturated rings. The molecule has 0 radical (unpaired) electrons. The van der Waals surface area contributed by atoms with Gasteiger partial charge in [0.1, 0.15) is 37.6 Å². The average molecular weight is 821 g/mol. The molecule has 2 atom stereocenters. The number of hydrogen-bond donors (Lipinski definition) is 1. The maximum atomic E-state index is 13.0. The lowest BCUT2D eigenvalue weighted by Crippen LogP contribution is -2.49. The first-order valence-electron chi connectivity index (χ1n) is 20.4. The van der Waals surface area contributed by atoms with Gasteiger partial charge in [0, 0.05) is 44.9 Å². The lowest BCUT2D eigenvalue weighted by molar-refractivity contribution is -0.0511. The largest absolute Gasteiger partial charge is 0.486 e. The fourth-order valence-electron chi connectivity index (χ4n) is 6.71. The molecule has 59 heavy (non-hydrogen) atoms. The molecular weight excluding hydrogens is 761 g/mol. The minimum atomic E-state index is -0.595. The van der Waals surface area contributed by atoms with Gasteiger partial charge in [0.2, 0.25) is 0 Å². The summed E-state index contributed by atoms with van der Waals surface area (Å²) in [7, 11) is 0. The first kappa shape index (κ1) is 43.7. The zero-order valence-corrected chi connectivity index (χ0v) is 35.3. The van der Waals surface area contributed by atoms with Gasteiger partial charge in [-0.3, -0.25) is 24.7 Å². The number of nitrogens with one attached hydrogen (secondary N) is 1. The third kappa shape index (κ3) is 14.1. The van der Waals surface area contributed by atoms with E-state index >= 15 is 0 Å². The van der Waals surface area contributed by atoms with Crippen LogP contribution in [0.15, 0.2) is 54.9 Å². The third-order valence-electron chi connectivity index (χ3n) is 9.31. The van der Waals surface area contributed by atoms with Gasteiger partial charge < -0.3 is 43.2 Å². The van der Waals surface area contributed by atoms with Crippen LogP contribution in [0.3, 0.4) is 0 Å². The zero-order chi connectivity index (χ0) is 41.8. The molecule has 6 heterocycles. The second kappa shape index (κ2) is 20.4. The standard InChI is InChI=1S/C25H33N3O5.C18H27N3O5/c1-25(2,3)33-24(29)28(16-20-13-22-23(14-26-20)32-12-11-31-22)18-21-17-27(9-10-30-21)15-19-7-5-4-6-8-19;1-18(2,3)26-17(22)21(12-14-9-19-4-5-23-14)11-13-8-15-16(10-20-13)25-7-6-24-15/h4-8,13-14,21H,9-12,15-18H2,1-3H3;8,10,14,19H,4-7,9,11-12H2,1-3H3. The molecule has 3 aromatic rings. The summed E-state index contributed by atoms with van der Waals surface area (Å²) in [4.78, 5) is 40.2. The van der Waals surface area contributed by atoms with Gasteiger partial charge in [-0.25, -0.2) is 9.59 Å². The number of nitrogens with zero attached hydrogens (tertiary/aromatic N) is 5. The lowest BCUT2D eigenvalue weighted by Gasteiger charge is -2.36. The molecule has 16 heteroatoms. The highest BCUT2D eigenvalue weighted by atomic mass is 16.6. The Morgan fingerprint density at radius 3 is 1.73 bits per heavy atom. The molecule has 1 N–H and O–H groups in total. The van der Waals surface area contributed by atoms with Gasteiger partial charge in [0.15, 0.2) is 23.0 Å². The Hall–Kier alpha value is -4.90. The van der Waals surface area contributed by atoms with Crippen LogP contribution < -0.4 is 24.3 Å². The van der Waals surface area contributed by atoms with Gasteiger partial charge in [-0.1, -0.05) is 30.3 Å². The Kier molecular flexibility index (Phi) is 15.1. The maximum Gasteiger partial charge on any atom is 0.410 e. The number of aromatic nitrogens is 2. The van der Waals surface area contributed by atoms with Crippen molar-refractivity contribution in [3.63, 3.8) is 0 Å². The molecule has 2 amide bonds. The number of benzene rings is 1.